The highest BCUT2D eigenvalue weighted by Gasteiger charge is 2.75. The topological polar surface area (TPSA) is 52.6 Å². The minimum atomic E-state index is -0.829. The van der Waals surface area contributed by atoms with Crippen molar-refractivity contribution in [3.05, 3.63) is 23.8 Å². The second-order valence-corrected chi connectivity index (χ2v) is 11.2. The number of Topliss-reactive ketones (excluding diaryl/α,β-unsaturated/α-hetero) is 1. The average Bonchev–Trinajstić information content (AvgIpc) is 3.03. The molecule has 0 aromatic rings. The van der Waals surface area contributed by atoms with E-state index in [0.717, 1.165) is 25.7 Å². The second-order valence-electron chi connectivity index (χ2n) is 11.2. The minimum absolute atomic E-state index is 0.0559. The van der Waals surface area contributed by atoms with Crippen LogP contribution in [0.5, 0.6) is 0 Å². The van der Waals surface area contributed by atoms with Crippen molar-refractivity contribution in [2.45, 2.75) is 84.7 Å². The van der Waals surface area contributed by atoms with Crippen LogP contribution in [0, 0.1) is 34.5 Å². The van der Waals surface area contributed by atoms with E-state index >= 15 is 0 Å². The SMILES string of the molecule is CC(=O)C12OC(C)(C)OC1CC1C3CC(C)C4=CC(=O)C=CC4(C)C3CCC12C. The Hall–Kier alpha value is -1.26. The number of carbonyl (C=O) groups is 2. The first-order valence-corrected chi connectivity index (χ1v) is 11.3. The van der Waals surface area contributed by atoms with Crippen molar-refractivity contribution in [3.63, 3.8) is 0 Å². The number of carbonyl (C=O) groups excluding carboxylic acids is 2. The number of hydrogen-bond acceptors (Lipinski definition) is 4. The van der Waals surface area contributed by atoms with Crippen molar-refractivity contribution >= 4 is 11.6 Å². The van der Waals surface area contributed by atoms with E-state index in [2.05, 4.69) is 26.8 Å². The first-order chi connectivity index (χ1) is 13.4. The van der Waals surface area contributed by atoms with Gasteiger partial charge in [0.2, 0.25) is 0 Å². The fraction of sp³-hybridized carbons (Fsp3) is 0.760. The van der Waals surface area contributed by atoms with Crippen LogP contribution in [0.4, 0.5) is 0 Å². The average molecular weight is 399 g/mol. The molecule has 29 heavy (non-hydrogen) atoms. The van der Waals surface area contributed by atoms with Gasteiger partial charge in [-0.05, 0) is 82.3 Å². The second kappa shape index (κ2) is 5.70. The van der Waals surface area contributed by atoms with Gasteiger partial charge in [-0.25, -0.2) is 0 Å². The fourth-order valence-corrected chi connectivity index (χ4v) is 8.36. The highest BCUT2D eigenvalue weighted by molar-refractivity contribution is 6.01. The number of ether oxygens (including phenoxy) is 2. The molecular weight excluding hydrogens is 364 g/mol. The van der Waals surface area contributed by atoms with Crippen LogP contribution >= 0.6 is 0 Å². The highest BCUT2D eigenvalue weighted by atomic mass is 16.8. The number of fused-ring (bicyclic) bond motifs is 7. The smallest absolute Gasteiger partial charge is 0.178 e. The molecule has 0 aromatic heterocycles. The molecule has 158 valence electrons. The molecule has 8 atom stereocenters. The van der Waals surface area contributed by atoms with Crippen LogP contribution in [0.25, 0.3) is 0 Å². The van der Waals surface area contributed by atoms with Crippen molar-refractivity contribution in [1.82, 2.24) is 0 Å². The van der Waals surface area contributed by atoms with Crippen molar-refractivity contribution in [1.29, 1.82) is 0 Å². The Labute approximate surface area is 174 Å². The summed E-state index contributed by atoms with van der Waals surface area (Å²) in [5.41, 5.74) is 0.219. The number of hydrogen-bond donors (Lipinski definition) is 0. The lowest BCUT2D eigenvalue weighted by Gasteiger charge is -2.59. The summed E-state index contributed by atoms with van der Waals surface area (Å²) >= 11 is 0. The van der Waals surface area contributed by atoms with Gasteiger partial charge in [-0.15, -0.1) is 0 Å². The lowest BCUT2D eigenvalue weighted by atomic mass is 9.45. The summed E-state index contributed by atoms with van der Waals surface area (Å²) in [5, 5.41) is 0. The number of rotatable bonds is 1. The molecule has 8 unspecified atom stereocenters. The van der Waals surface area contributed by atoms with Gasteiger partial charge >= 0.3 is 0 Å². The summed E-state index contributed by atoms with van der Waals surface area (Å²) in [7, 11) is 0. The highest BCUT2D eigenvalue weighted by Crippen LogP contribution is 2.70. The van der Waals surface area contributed by atoms with E-state index in [1.54, 1.807) is 13.0 Å². The molecule has 4 heteroatoms. The molecule has 3 saturated carbocycles. The zero-order valence-corrected chi connectivity index (χ0v) is 18.6. The maximum Gasteiger partial charge on any atom is 0.178 e. The Kier molecular flexibility index (Phi) is 3.87. The monoisotopic (exact) mass is 398 g/mol. The van der Waals surface area contributed by atoms with Crippen molar-refractivity contribution in [2.75, 3.05) is 0 Å². The Morgan fingerprint density at radius 3 is 2.55 bits per heavy atom. The normalized spacial score (nSPS) is 52.3. The summed E-state index contributed by atoms with van der Waals surface area (Å²) in [6.45, 7) is 12.4. The van der Waals surface area contributed by atoms with Crippen LogP contribution in [0.2, 0.25) is 0 Å². The Morgan fingerprint density at radius 2 is 1.86 bits per heavy atom. The summed E-state index contributed by atoms with van der Waals surface area (Å²) in [4.78, 5) is 25.2. The first-order valence-electron chi connectivity index (χ1n) is 11.3. The lowest BCUT2D eigenvalue weighted by Crippen LogP contribution is -2.60. The maximum atomic E-state index is 13.1. The molecule has 1 aliphatic heterocycles. The van der Waals surface area contributed by atoms with E-state index < -0.39 is 11.4 Å². The third-order valence-electron chi connectivity index (χ3n) is 9.39. The zero-order chi connectivity index (χ0) is 21.0. The van der Waals surface area contributed by atoms with Crippen molar-refractivity contribution in [3.8, 4) is 0 Å². The standard InChI is InChI=1S/C25H34O4/c1-14-11-17-18(23(5)9-7-16(27)12-19(14)23)8-10-24(6)20(17)13-21-25(24,15(2)26)29-22(3,4)28-21/h7,9,12,14,17-18,20-21H,8,10-11,13H2,1-6H3. The molecule has 0 radical (unpaired) electrons. The number of ketones is 2. The molecule has 4 nitrogen and oxygen atoms in total. The lowest BCUT2D eigenvalue weighted by molar-refractivity contribution is -0.213. The molecular formula is C25H34O4. The van der Waals surface area contributed by atoms with Gasteiger partial charge in [0, 0.05) is 10.8 Å². The molecule has 0 amide bonds. The molecule has 0 N–H and O–H groups in total. The predicted molar refractivity (Wildman–Crippen MR) is 110 cm³/mol. The fourth-order valence-electron chi connectivity index (χ4n) is 8.36. The number of allylic oxidation sites excluding steroid dienone is 4. The van der Waals surface area contributed by atoms with Gasteiger partial charge in [-0.1, -0.05) is 32.4 Å². The largest absolute Gasteiger partial charge is 0.344 e. The Morgan fingerprint density at radius 1 is 1.14 bits per heavy atom. The Bertz CT molecular complexity index is 853. The molecule has 5 aliphatic rings. The molecule has 0 bridgehead atoms. The van der Waals surface area contributed by atoms with Gasteiger partial charge in [0.15, 0.2) is 23.0 Å². The summed E-state index contributed by atoms with van der Waals surface area (Å²) in [5.74, 6) is 1.33. The summed E-state index contributed by atoms with van der Waals surface area (Å²) < 4.78 is 12.8. The molecule has 4 aliphatic carbocycles. The van der Waals surface area contributed by atoms with Gasteiger partial charge in [0.25, 0.3) is 0 Å². The van der Waals surface area contributed by atoms with Crippen LogP contribution in [0.3, 0.4) is 0 Å². The summed E-state index contributed by atoms with van der Waals surface area (Å²) in [6, 6.07) is 0. The first kappa shape index (κ1) is 19.7. The third kappa shape index (κ3) is 2.28. The molecule has 4 fully saturated rings. The van der Waals surface area contributed by atoms with Gasteiger partial charge in [0.05, 0.1) is 6.10 Å². The van der Waals surface area contributed by atoms with Crippen LogP contribution in [0.1, 0.15) is 67.2 Å². The quantitative estimate of drug-likeness (QED) is 0.646. The van der Waals surface area contributed by atoms with Gasteiger partial charge in [-0.2, -0.15) is 0 Å². The van der Waals surface area contributed by atoms with Gasteiger partial charge < -0.3 is 9.47 Å². The van der Waals surface area contributed by atoms with E-state index in [0.29, 0.717) is 23.7 Å². The van der Waals surface area contributed by atoms with Crippen LogP contribution in [-0.4, -0.2) is 29.1 Å². The van der Waals surface area contributed by atoms with Crippen LogP contribution in [0.15, 0.2) is 23.8 Å². The van der Waals surface area contributed by atoms with Crippen LogP contribution in [-0.2, 0) is 19.1 Å². The van der Waals surface area contributed by atoms with E-state index in [4.69, 9.17) is 9.47 Å². The maximum absolute atomic E-state index is 13.1. The Balaban J connectivity index is 1.57. The van der Waals surface area contributed by atoms with Crippen molar-refractivity contribution in [2.24, 2.45) is 34.5 Å². The predicted octanol–water partition coefficient (Wildman–Crippen LogP) is 4.63. The summed E-state index contributed by atoms with van der Waals surface area (Å²) in [6.07, 6.45) is 9.67. The van der Waals surface area contributed by atoms with E-state index in [1.165, 1.54) is 5.57 Å². The van der Waals surface area contributed by atoms with Crippen molar-refractivity contribution < 1.29 is 19.1 Å². The molecule has 5 rings (SSSR count). The van der Waals surface area contributed by atoms with E-state index in [1.807, 2.05) is 19.9 Å². The molecule has 1 heterocycles. The molecule has 0 aromatic carbocycles. The van der Waals surface area contributed by atoms with Gasteiger partial charge in [0.1, 0.15) is 0 Å². The van der Waals surface area contributed by atoms with E-state index in [9.17, 15) is 9.59 Å². The molecule has 1 saturated heterocycles. The minimum Gasteiger partial charge on any atom is -0.344 e. The van der Waals surface area contributed by atoms with Gasteiger partial charge in [-0.3, -0.25) is 9.59 Å². The molecule has 0 spiro atoms. The van der Waals surface area contributed by atoms with E-state index in [-0.39, 0.29) is 28.5 Å². The third-order valence-corrected chi connectivity index (χ3v) is 9.39. The van der Waals surface area contributed by atoms with Crippen LogP contribution < -0.4 is 0 Å². The zero-order valence-electron chi connectivity index (χ0n) is 18.6.